The van der Waals surface area contributed by atoms with Gasteiger partial charge in [-0.3, -0.25) is 9.59 Å². The molecule has 0 aliphatic carbocycles. The molecule has 31 atom stereocenters. The minimum absolute atomic E-state index is 0.0458. The molecule has 0 aromatic heterocycles. The second-order valence-corrected chi connectivity index (χ2v) is 33.7. The van der Waals surface area contributed by atoms with E-state index in [9.17, 15) is 91.3 Å². The summed E-state index contributed by atoms with van der Waals surface area (Å²) in [7, 11) is 4.22. The Kier molecular flexibility index (Phi) is 50.9. The van der Waals surface area contributed by atoms with Gasteiger partial charge in [0.25, 0.3) is 0 Å². The summed E-state index contributed by atoms with van der Waals surface area (Å²) < 4.78 is 83.0. The van der Waals surface area contributed by atoms with Crippen LogP contribution in [0.15, 0.2) is 0 Å². The van der Waals surface area contributed by atoms with Crippen molar-refractivity contribution in [2.45, 2.75) is 474 Å². The highest BCUT2D eigenvalue weighted by Gasteiger charge is 2.51. The van der Waals surface area contributed by atoms with Crippen LogP contribution in [0.1, 0.15) is 284 Å². The third-order valence-corrected chi connectivity index (χ3v) is 24.2. The maximum Gasteiger partial charge on any atom is 0.308 e. The molecule has 6 heterocycles. The van der Waals surface area contributed by atoms with Gasteiger partial charge in [-0.15, -0.1) is 0 Å². The minimum Gasteiger partial charge on any atom is -0.463 e. The molecular formula is C84H154O32. The van der Waals surface area contributed by atoms with Crippen molar-refractivity contribution in [3.05, 3.63) is 0 Å². The van der Waals surface area contributed by atoms with Crippen LogP contribution in [0.3, 0.4) is 0 Å². The van der Waals surface area contributed by atoms with Crippen molar-refractivity contribution in [1.82, 2.24) is 0 Å². The maximum atomic E-state index is 13.8. The summed E-state index contributed by atoms with van der Waals surface area (Å²) in [6.45, 7) is 1.68. The van der Waals surface area contributed by atoms with Crippen LogP contribution in [-0.4, -0.2) is 331 Å². The predicted octanol–water partition coefficient (Wildman–Crippen LogP) is 4.80. The number of unbranched alkanes of at least 4 members (excludes halogenated alkanes) is 26. The molecule has 6 saturated heterocycles. The summed E-state index contributed by atoms with van der Waals surface area (Å²) in [4.78, 5) is 27.5. The number of ether oxygens (including phenoxy) is 14. The normalized spacial score (nSPS) is 35.7. The molecule has 31 unspecified atom stereocenters. The molecule has 682 valence electrons. The molecule has 0 amide bonds. The van der Waals surface area contributed by atoms with E-state index in [4.69, 9.17) is 66.3 Å². The molecule has 116 heavy (non-hydrogen) atoms. The Labute approximate surface area is 688 Å². The van der Waals surface area contributed by atoms with Crippen LogP contribution < -0.4 is 0 Å². The van der Waals surface area contributed by atoms with Crippen LogP contribution in [0.4, 0.5) is 0 Å². The fourth-order valence-corrected chi connectivity index (χ4v) is 16.8. The van der Waals surface area contributed by atoms with Crippen molar-refractivity contribution < 1.29 is 158 Å². The van der Waals surface area contributed by atoms with Crippen molar-refractivity contribution in [3.63, 3.8) is 0 Å². The van der Waals surface area contributed by atoms with Crippen molar-refractivity contribution in [2.75, 3.05) is 47.8 Å². The van der Waals surface area contributed by atoms with Gasteiger partial charge in [0.15, 0.2) is 31.5 Å². The average Bonchev–Trinajstić information content (AvgIpc) is 0.834. The van der Waals surface area contributed by atoms with Gasteiger partial charge in [-0.25, -0.2) is 0 Å². The molecular weight excluding hydrogens is 1520 g/mol. The minimum atomic E-state index is -1.74. The van der Waals surface area contributed by atoms with Crippen LogP contribution >= 0.6 is 0 Å². The van der Waals surface area contributed by atoms with E-state index in [0.717, 1.165) is 205 Å². The quantitative estimate of drug-likeness (QED) is 0.0287. The van der Waals surface area contributed by atoms with Gasteiger partial charge in [0, 0.05) is 34.2 Å². The Bertz CT molecular complexity index is 2520. The van der Waals surface area contributed by atoms with E-state index in [0.29, 0.717) is 38.5 Å². The highest BCUT2D eigenvalue weighted by molar-refractivity contribution is 5.78. The van der Waals surface area contributed by atoms with Crippen molar-refractivity contribution >= 4 is 11.8 Å². The second-order valence-electron chi connectivity index (χ2n) is 33.7. The SMILES string of the molecule is COC1C(OC(C)CCCCCC(CCCCCCCCCCCCCCCC2CC(=O)CCC3OC(OC(CCCCCCCCCCCCCC(CCCCCC(C)O)OC4OC(CO)C(O)C(O)C4OC)CC(=O)OCC4OC(O2)C(O)C(O)C4O)C(O)C(O)C3O)OC2OC(CO)C(O)C(O)C2OC)OC(CO)C(O)C1O. The third kappa shape index (κ3) is 35.2. The van der Waals surface area contributed by atoms with E-state index >= 15 is 0 Å². The number of methoxy groups -OCH3 is 3. The van der Waals surface area contributed by atoms with Crippen molar-refractivity contribution in [2.24, 2.45) is 0 Å². The number of rotatable bonds is 54. The van der Waals surface area contributed by atoms with Gasteiger partial charge in [0.1, 0.15) is 128 Å². The number of aliphatic hydroxyl groups excluding tert-OH is 16. The number of ketones is 1. The van der Waals surface area contributed by atoms with E-state index < -0.39 is 198 Å². The molecule has 6 aliphatic rings. The fraction of sp³-hybridized carbons (Fsp3) is 0.976. The topological polar surface area (TPSA) is 487 Å². The number of cyclic esters (lactones) is 1. The zero-order chi connectivity index (χ0) is 84.5. The lowest BCUT2D eigenvalue weighted by Gasteiger charge is -2.42. The van der Waals surface area contributed by atoms with Crippen molar-refractivity contribution in [1.29, 1.82) is 0 Å². The Morgan fingerprint density at radius 2 is 0.664 bits per heavy atom. The van der Waals surface area contributed by atoms with E-state index in [-0.39, 0.29) is 55.9 Å². The number of aliphatic hydroxyl groups is 16. The van der Waals surface area contributed by atoms with E-state index in [2.05, 4.69) is 0 Å². The highest BCUT2D eigenvalue weighted by atomic mass is 16.7. The lowest BCUT2D eigenvalue weighted by Crippen LogP contribution is -2.60. The summed E-state index contributed by atoms with van der Waals surface area (Å²) in [5, 5.41) is 169. The molecule has 16 N–H and O–H groups in total. The summed E-state index contributed by atoms with van der Waals surface area (Å²) >= 11 is 0. The highest BCUT2D eigenvalue weighted by Crippen LogP contribution is 2.35. The first-order valence-electron chi connectivity index (χ1n) is 44.4. The van der Waals surface area contributed by atoms with E-state index in [1.54, 1.807) is 6.92 Å². The summed E-state index contributed by atoms with van der Waals surface area (Å²) in [6.07, 6.45) is -1.62. The number of carbonyl (C=O) groups excluding carboxylic acids is 2. The van der Waals surface area contributed by atoms with Gasteiger partial charge in [-0.1, -0.05) is 193 Å². The lowest BCUT2D eigenvalue weighted by atomic mass is 9.93. The Morgan fingerprint density at radius 3 is 1.03 bits per heavy atom. The number of hydrogen-bond donors (Lipinski definition) is 16. The van der Waals surface area contributed by atoms with Gasteiger partial charge in [0.05, 0.1) is 69.0 Å². The fourth-order valence-electron chi connectivity index (χ4n) is 16.8. The van der Waals surface area contributed by atoms with Gasteiger partial charge >= 0.3 is 5.97 Å². The van der Waals surface area contributed by atoms with Gasteiger partial charge in [0.2, 0.25) is 0 Å². The standard InChI is InChI=1S/C84H154O32/c1-52(88)36-28-26-34-40-55(108-83-78(104-4)73(99)67(93)61(49-86)114-83)38-30-22-19-15-12-9-13-17-21-25-33-43-58-47-64(90)106-51-63-69(95)71(97)76(102)81(116-63)110-57(46-54(89)44-45-59-65(91)70(96)75(101)80(111-58)112-59)42-32-24-20-16-11-8-6-7-10-14-18-23-31-39-56(109-84-79(105-5)74(100)68(94)62(50-87)115-84)41-35-27-29-37-53(2)107-82-77(103-3)72(98)66(92)60(48-85)113-82/h52-53,55-63,65-88,91-102H,6-51H2,1-5H3. The summed E-state index contributed by atoms with van der Waals surface area (Å²) in [5.74, 6) is -1.01. The van der Waals surface area contributed by atoms with Crippen LogP contribution in [-0.2, 0) is 75.9 Å². The van der Waals surface area contributed by atoms with Gasteiger partial charge in [-0.2, -0.15) is 0 Å². The monoisotopic (exact) mass is 1680 g/mol. The first-order chi connectivity index (χ1) is 55.9. The van der Waals surface area contributed by atoms with Crippen LogP contribution in [0.5, 0.6) is 0 Å². The summed E-state index contributed by atoms with van der Waals surface area (Å²) in [5.41, 5.74) is 0. The van der Waals surface area contributed by atoms with E-state index in [1.807, 2.05) is 6.92 Å². The zero-order valence-corrected chi connectivity index (χ0v) is 70.1. The number of fused-ring (bicyclic) bond motifs is 4. The van der Waals surface area contributed by atoms with Crippen LogP contribution in [0.25, 0.3) is 0 Å². The predicted molar refractivity (Wildman–Crippen MR) is 421 cm³/mol. The molecule has 0 spiro atoms. The molecule has 0 radical (unpaired) electrons. The first kappa shape index (κ1) is 103. The molecule has 0 aromatic carbocycles. The second kappa shape index (κ2) is 57.5. The molecule has 4 bridgehead atoms. The largest absolute Gasteiger partial charge is 0.463 e. The molecule has 6 aliphatic heterocycles. The number of carbonyl (C=O) groups is 2. The molecule has 6 fully saturated rings. The van der Waals surface area contributed by atoms with E-state index in [1.165, 1.54) is 21.3 Å². The number of hydrogen-bond acceptors (Lipinski definition) is 32. The van der Waals surface area contributed by atoms with Gasteiger partial charge in [-0.05, 0) is 71.6 Å². The van der Waals surface area contributed by atoms with Crippen LogP contribution in [0, 0.1) is 0 Å². The molecule has 32 nitrogen and oxygen atoms in total. The lowest BCUT2D eigenvalue weighted by molar-refractivity contribution is -0.316. The number of Topliss-reactive ketones (excluding diaryl/α,β-unsaturated/α-hetero) is 1. The Balaban J connectivity index is 0.871. The Hall–Kier alpha value is -2.02. The smallest absolute Gasteiger partial charge is 0.308 e. The zero-order valence-electron chi connectivity index (χ0n) is 70.1. The maximum absolute atomic E-state index is 13.8. The third-order valence-electron chi connectivity index (χ3n) is 24.2. The first-order valence-corrected chi connectivity index (χ1v) is 44.4. The summed E-state index contributed by atoms with van der Waals surface area (Å²) in [6, 6.07) is 0. The molecule has 0 saturated carbocycles. The van der Waals surface area contributed by atoms with Gasteiger partial charge < -0.3 is 148 Å². The average molecular weight is 1680 g/mol. The molecule has 6 rings (SSSR count). The number of esters is 1. The Morgan fingerprint density at radius 1 is 0.345 bits per heavy atom. The molecule has 32 heteroatoms. The van der Waals surface area contributed by atoms with Crippen molar-refractivity contribution in [3.8, 4) is 0 Å². The molecule has 0 aromatic rings. The van der Waals surface area contributed by atoms with Crippen LogP contribution in [0.2, 0.25) is 0 Å².